The lowest BCUT2D eigenvalue weighted by Gasteiger charge is -2.26. The van der Waals surface area contributed by atoms with Crippen molar-refractivity contribution in [1.82, 2.24) is 14.5 Å². The number of amides is 4. The molecule has 9 nitrogen and oxygen atoms in total. The van der Waals surface area contributed by atoms with Crippen LogP contribution in [0.4, 0.5) is 10.5 Å². The zero-order valence-corrected chi connectivity index (χ0v) is 19.8. The van der Waals surface area contributed by atoms with Crippen molar-refractivity contribution in [3.05, 3.63) is 60.2 Å². The molecular weight excluding hydrogens is 456 g/mol. The van der Waals surface area contributed by atoms with E-state index in [9.17, 15) is 22.8 Å². The highest BCUT2D eigenvalue weighted by Gasteiger charge is 2.52. The van der Waals surface area contributed by atoms with Gasteiger partial charge in [0.1, 0.15) is 12.1 Å². The van der Waals surface area contributed by atoms with E-state index in [1.54, 1.807) is 36.4 Å². The van der Waals surface area contributed by atoms with Gasteiger partial charge in [0, 0.05) is 18.8 Å². The summed E-state index contributed by atoms with van der Waals surface area (Å²) in [6.07, 6.45) is 2.70. The van der Waals surface area contributed by atoms with Gasteiger partial charge in [-0.3, -0.25) is 14.5 Å². The molecule has 2 N–H and O–H groups in total. The van der Waals surface area contributed by atoms with Crippen LogP contribution in [0.15, 0.2) is 59.5 Å². The molecule has 2 aromatic rings. The van der Waals surface area contributed by atoms with Gasteiger partial charge in [0.2, 0.25) is 15.9 Å². The number of nitrogens with zero attached hydrogens (tertiary/aromatic N) is 2. The van der Waals surface area contributed by atoms with Gasteiger partial charge in [0.05, 0.1) is 4.90 Å². The second-order valence-corrected chi connectivity index (χ2v) is 10.5. The minimum absolute atomic E-state index is 0.0910. The topological polar surface area (TPSA) is 116 Å². The van der Waals surface area contributed by atoms with E-state index in [0.29, 0.717) is 31.5 Å². The first kappa shape index (κ1) is 23.9. The zero-order chi connectivity index (χ0) is 24.3. The first-order chi connectivity index (χ1) is 16.3. The second kappa shape index (κ2) is 9.55. The minimum atomic E-state index is -3.64. The van der Waals surface area contributed by atoms with Crippen LogP contribution in [0.2, 0.25) is 0 Å². The molecule has 0 saturated carbocycles. The van der Waals surface area contributed by atoms with Crippen molar-refractivity contribution in [2.75, 3.05) is 25.0 Å². The van der Waals surface area contributed by atoms with Crippen molar-refractivity contribution in [3.8, 4) is 0 Å². The average Bonchev–Trinajstić information content (AvgIpc) is 3.45. The van der Waals surface area contributed by atoms with Gasteiger partial charge >= 0.3 is 6.03 Å². The maximum Gasteiger partial charge on any atom is 0.325 e. The molecule has 2 aliphatic heterocycles. The Labute approximate surface area is 199 Å². The molecule has 10 heteroatoms. The maximum absolute atomic E-state index is 13.3. The van der Waals surface area contributed by atoms with Crippen molar-refractivity contribution in [2.24, 2.45) is 0 Å². The number of imide groups is 1. The van der Waals surface area contributed by atoms with E-state index in [-0.39, 0.29) is 10.6 Å². The highest BCUT2D eigenvalue weighted by molar-refractivity contribution is 7.89. The number of rotatable bonds is 8. The van der Waals surface area contributed by atoms with Gasteiger partial charge in [0.15, 0.2) is 0 Å². The fourth-order valence-electron chi connectivity index (χ4n) is 4.53. The Morgan fingerprint density at radius 3 is 2.44 bits per heavy atom. The number of carbonyl (C=O) groups excluding carboxylic acids is 3. The summed E-state index contributed by atoms with van der Waals surface area (Å²) < 4.78 is 27.1. The number of anilines is 1. The molecule has 1 atom stereocenters. The number of benzene rings is 2. The molecule has 0 aromatic heterocycles. The van der Waals surface area contributed by atoms with Gasteiger partial charge in [-0.2, -0.15) is 4.31 Å². The third kappa shape index (κ3) is 4.43. The number of nitrogens with one attached hydrogen (secondary N) is 2. The average molecular weight is 485 g/mol. The molecule has 2 saturated heterocycles. The number of sulfonamides is 1. The molecule has 1 unspecified atom stereocenters. The normalized spacial score (nSPS) is 21.0. The molecule has 4 rings (SSSR count). The predicted molar refractivity (Wildman–Crippen MR) is 126 cm³/mol. The Morgan fingerprint density at radius 2 is 1.76 bits per heavy atom. The van der Waals surface area contributed by atoms with Gasteiger partial charge in [-0.1, -0.05) is 49.7 Å². The molecule has 2 heterocycles. The molecule has 0 aliphatic carbocycles. The molecule has 0 radical (unpaired) electrons. The van der Waals surface area contributed by atoms with E-state index < -0.39 is 40.0 Å². The number of hydrogen-bond acceptors (Lipinski definition) is 5. The molecule has 2 aromatic carbocycles. The van der Waals surface area contributed by atoms with Crippen LogP contribution in [0.25, 0.3) is 0 Å². The van der Waals surface area contributed by atoms with E-state index in [2.05, 4.69) is 10.6 Å². The standard InChI is InChI=1S/C24H28N4O5S/c1-2-13-24(18-9-4-3-5-10-18)22(30)28(23(31)26-24)17-21(29)25-19-11-8-12-20(16-19)34(32,33)27-14-6-7-15-27/h3-5,8-12,16H,2,6-7,13-15,17H2,1H3,(H,25,29)(H,26,31). The molecule has 0 spiro atoms. The summed E-state index contributed by atoms with van der Waals surface area (Å²) in [7, 11) is -3.64. The van der Waals surface area contributed by atoms with Crippen molar-refractivity contribution < 1.29 is 22.8 Å². The van der Waals surface area contributed by atoms with Crippen molar-refractivity contribution >= 4 is 33.6 Å². The molecule has 0 bridgehead atoms. The summed E-state index contributed by atoms with van der Waals surface area (Å²) >= 11 is 0. The molecule has 34 heavy (non-hydrogen) atoms. The van der Waals surface area contributed by atoms with Crippen molar-refractivity contribution in [2.45, 2.75) is 43.0 Å². The number of carbonyl (C=O) groups is 3. The third-order valence-corrected chi connectivity index (χ3v) is 8.08. The lowest BCUT2D eigenvalue weighted by Crippen LogP contribution is -2.44. The number of hydrogen-bond donors (Lipinski definition) is 2. The maximum atomic E-state index is 13.3. The summed E-state index contributed by atoms with van der Waals surface area (Å²) in [5.41, 5.74) is -0.268. The van der Waals surface area contributed by atoms with Crippen LogP contribution >= 0.6 is 0 Å². The first-order valence-electron chi connectivity index (χ1n) is 11.4. The Kier molecular flexibility index (Phi) is 6.72. The Hall–Kier alpha value is -3.24. The zero-order valence-electron chi connectivity index (χ0n) is 19.0. The second-order valence-electron chi connectivity index (χ2n) is 8.53. The molecule has 180 valence electrons. The first-order valence-corrected chi connectivity index (χ1v) is 12.8. The van der Waals surface area contributed by atoms with Crippen LogP contribution in [-0.4, -0.2) is 55.1 Å². The smallest absolute Gasteiger partial charge is 0.324 e. The highest BCUT2D eigenvalue weighted by Crippen LogP contribution is 2.33. The SMILES string of the molecule is CCCC1(c2ccccc2)NC(=O)N(CC(=O)Nc2cccc(S(=O)(=O)N3CCCC3)c2)C1=O. The van der Waals surface area contributed by atoms with Crippen LogP contribution in [0.5, 0.6) is 0 Å². The van der Waals surface area contributed by atoms with Crippen LogP contribution in [-0.2, 0) is 25.2 Å². The molecule has 2 fully saturated rings. The van der Waals surface area contributed by atoms with Gasteiger partial charge < -0.3 is 10.6 Å². The molecule has 2 aliphatic rings. The van der Waals surface area contributed by atoms with Crippen LogP contribution in [0.3, 0.4) is 0 Å². The van der Waals surface area contributed by atoms with E-state index in [0.717, 1.165) is 17.7 Å². The molecular formula is C24H28N4O5S. The number of urea groups is 1. The van der Waals surface area contributed by atoms with Crippen LogP contribution in [0, 0.1) is 0 Å². The summed E-state index contributed by atoms with van der Waals surface area (Å²) in [6, 6.07) is 14.3. The fraction of sp³-hybridized carbons (Fsp3) is 0.375. The van der Waals surface area contributed by atoms with Gasteiger partial charge in [-0.05, 0) is 43.0 Å². The van der Waals surface area contributed by atoms with Gasteiger partial charge in [-0.25, -0.2) is 13.2 Å². The lowest BCUT2D eigenvalue weighted by atomic mass is 9.85. The van der Waals surface area contributed by atoms with E-state index in [1.165, 1.54) is 16.4 Å². The Balaban J connectivity index is 1.49. The lowest BCUT2D eigenvalue weighted by molar-refractivity contribution is -0.134. The van der Waals surface area contributed by atoms with Crippen LogP contribution < -0.4 is 10.6 Å². The fourth-order valence-corrected chi connectivity index (χ4v) is 6.10. The predicted octanol–water partition coefficient (Wildman–Crippen LogP) is 2.66. The summed E-state index contributed by atoms with van der Waals surface area (Å²) in [4.78, 5) is 39.8. The highest BCUT2D eigenvalue weighted by atomic mass is 32.2. The molecule has 4 amide bonds. The summed E-state index contributed by atoms with van der Waals surface area (Å²) in [5, 5.41) is 5.40. The quantitative estimate of drug-likeness (QED) is 0.559. The van der Waals surface area contributed by atoms with Gasteiger partial charge in [0.25, 0.3) is 5.91 Å². The van der Waals surface area contributed by atoms with E-state index in [1.807, 2.05) is 13.0 Å². The van der Waals surface area contributed by atoms with E-state index >= 15 is 0 Å². The van der Waals surface area contributed by atoms with E-state index in [4.69, 9.17) is 0 Å². The summed E-state index contributed by atoms with van der Waals surface area (Å²) in [5.74, 6) is -1.08. The monoisotopic (exact) mass is 484 g/mol. The van der Waals surface area contributed by atoms with Crippen LogP contribution in [0.1, 0.15) is 38.2 Å². The Bertz CT molecular complexity index is 1190. The minimum Gasteiger partial charge on any atom is -0.324 e. The third-order valence-electron chi connectivity index (χ3n) is 6.19. The Morgan fingerprint density at radius 1 is 1.06 bits per heavy atom. The largest absolute Gasteiger partial charge is 0.325 e. The summed E-state index contributed by atoms with van der Waals surface area (Å²) in [6.45, 7) is 2.40. The van der Waals surface area contributed by atoms with Gasteiger partial charge in [-0.15, -0.1) is 0 Å². The van der Waals surface area contributed by atoms with Crippen molar-refractivity contribution in [1.29, 1.82) is 0 Å². The van der Waals surface area contributed by atoms with Crippen molar-refractivity contribution in [3.63, 3.8) is 0 Å².